The minimum Gasteiger partial charge on any atom is -0.298 e. The summed E-state index contributed by atoms with van der Waals surface area (Å²) >= 11 is 1.37. The molecule has 0 saturated heterocycles. The summed E-state index contributed by atoms with van der Waals surface area (Å²) in [5.74, 6) is 0. The summed E-state index contributed by atoms with van der Waals surface area (Å²) in [7, 11) is 0. The van der Waals surface area contributed by atoms with Crippen molar-refractivity contribution in [2.45, 2.75) is 38.3 Å². The number of hydrogen-bond acceptors (Lipinski definition) is 5. The lowest BCUT2D eigenvalue weighted by molar-refractivity contribution is -0.0248. The standard InChI is InChI=1S/C8H13N3OS/c1-2-4-8(3-1)12-9-5-7-6-13-11-10-7/h6,8-9H,1-5H2. The molecular formula is C8H13N3OS. The molecule has 5 heteroatoms. The molecule has 1 N–H and O–H groups in total. The summed E-state index contributed by atoms with van der Waals surface area (Å²) in [6, 6.07) is 0. The molecule has 0 radical (unpaired) electrons. The zero-order valence-electron chi connectivity index (χ0n) is 7.40. The number of aromatic nitrogens is 2. The Morgan fingerprint density at radius 3 is 3.08 bits per heavy atom. The molecule has 1 saturated carbocycles. The van der Waals surface area contributed by atoms with Crippen LogP contribution in [0.15, 0.2) is 5.38 Å². The maximum Gasteiger partial charge on any atom is 0.0917 e. The van der Waals surface area contributed by atoms with E-state index in [2.05, 4.69) is 15.1 Å². The maximum absolute atomic E-state index is 5.46. The molecular weight excluding hydrogens is 186 g/mol. The third-order valence-electron chi connectivity index (χ3n) is 2.21. The van der Waals surface area contributed by atoms with Crippen LogP contribution in [0, 0.1) is 0 Å². The van der Waals surface area contributed by atoms with Gasteiger partial charge in [-0.25, -0.2) is 0 Å². The molecule has 13 heavy (non-hydrogen) atoms. The second kappa shape index (κ2) is 4.64. The third-order valence-corrected chi connectivity index (χ3v) is 2.76. The summed E-state index contributed by atoms with van der Waals surface area (Å²) in [6.07, 6.45) is 5.37. The summed E-state index contributed by atoms with van der Waals surface area (Å²) in [4.78, 5) is 5.46. The van der Waals surface area contributed by atoms with E-state index in [1.807, 2.05) is 5.38 Å². The number of hydrogen-bond donors (Lipinski definition) is 1. The van der Waals surface area contributed by atoms with Crippen molar-refractivity contribution in [3.05, 3.63) is 11.1 Å². The van der Waals surface area contributed by atoms with Crippen molar-refractivity contribution in [2.75, 3.05) is 0 Å². The van der Waals surface area contributed by atoms with Crippen LogP contribution in [0.4, 0.5) is 0 Å². The van der Waals surface area contributed by atoms with Crippen molar-refractivity contribution in [3.8, 4) is 0 Å². The van der Waals surface area contributed by atoms with Crippen LogP contribution in [-0.2, 0) is 11.4 Å². The molecule has 0 aliphatic heterocycles. The Hall–Kier alpha value is -0.520. The monoisotopic (exact) mass is 199 g/mol. The first-order valence-electron chi connectivity index (χ1n) is 4.59. The maximum atomic E-state index is 5.46. The highest BCUT2D eigenvalue weighted by molar-refractivity contribution is 7.03. The van der Waals surface area contributed by atoms with E-state index >= 15 is 0 Å². The molecule has 1 aliphatic rings. The molecule has 0 bridgehead atoms. The van der Waals surface area contributed by atoms with Gasteiger partial charge < -0.3 is 0 Å². The van der Waals surface area contributed by atoms with Gasteiger partial charge in [-0.1, -0.05) is 17.3 Å². The quantitative estimate of drug-likeness (QED) is 0.746. The summed E-state index contributed by atoms with van der Waals surface area (Å²) in [6.45, 7) is 0.660. The van der Waals surface area contributed by atoms with Gasteiger partial charge in [-0.15, -0.1) is 5.10 Å². The summed E-state index contributed by atoms with van der Waals surface area (Å²) in [5, 5.41) is 5.83. The van der Waals surface area contributed by atoms with Crippen LogP contribution in [0.3, 0.4) is 0 Å². The number of rotatable bonds is 4. The first kappa shape index (κ1) is 9.05. The SMILES string of the molecule is c1snnc1CNOC1CCCC1. The van der Waals surface area contributed by atoms with Gasteiger partial charge >= 0.3 is 0 Å². The van der Waals surface area contributed by atoms with Crippen LogP contribution in [0.5, 0.6) is 0 Å². The lowest BCUT2D eigenvalue weighted by Crippen LogP contribution is -2.21. The smallest absolute Gasteiger partial charge is 0.0917 e. The van der Waals surface area contributed by atoms with E-state index < -0.39 is 0 Å². The van der Waals surface area contributed by atoms with Crippen LogP contribution in [0.1, 0.15) is 31.4 Å². The van der Waals surface area contributed by atoms with E-state index in [9.17, 15) is 0 Å². The van der Waals surface area contributed by atoms with Crippen LogP contribution in [-0.4, -0.2) is 15.7 Å². The summed E-state index contributed by atoms with van der Waals surface area (Å²) in [5.41, 5.74) is 3.88. The van der Waals surface area contributed by atoms with Gasteiger partial charge in [0.1, 0.15) is 0 Å². The number of nitrogens with zero attached hydrogens (tertiary/aromatic N) is 2. The van der Waals surface area contributed by atoms with E-state index in [1.54, 1.807) is 0 Å². The van der Waals surface area contributed by atoms with Gasteiger partial charge in [0.15, 0.2) is 0 Å². The van der Waals surface area contributed by atoms with Crippen molar-refractivity contribution in [1.82, 2.24) is 15.1 Å². The van der Waals surface area contributed by atoms with Gasteiger partial charge in [-0.2, -0.15) is 5.48 Å². The van der Waals surface area contributed by atoms with Crippen molar-refractivity contribution in [2.24, 2.45) is 0 Å². The molecule has 72 valence electrons. The van der Waals surface area contributed by atoms with Gasteiger partial charge in [-0.05, 0) is 24.4 Å². The minimum atomic E-state index is 0.409. The molecule has 0 aromatic carbocycles. The fraction of sp³-hybridized carbons (Fsp3) is 0.750. The highest BCUT2D eigenvalue weighted by Crippen LogP contribution is 2.19. The van der Waals surface area contributed by atoms with Crippen LogP contribution < -0.4 is 5.48 Å². The average Bonchev–Trinajstić information content (AvgIpc) is 2.75. The average molecular weight is 199 g/mol. The van der Waals surface area contributed by atoms with Gasteiger partial charge in [-0.3, -0.25) is 4.84 Å². The second-order valence-corrected chi connectivity index (χ2v) is 3.85. The minimum absolute atomic E-state index is 0.409. The van der Waals surface area contributed by atoms with Gasteiger partial charge in [0.25, 0.3) is 0 Å². The number of hydroxylamine groups is 1. The lowest BCUT2D eigenvalue weighted by atomic mass is 10.3. The molecule has 1 aromatic rings. The fourth-order valence-electron chi connectivity index (χ4n) is 1.50. The molecule has 0 spiro atoms. The van der Waals surface area contributed by atoms with Gasteiger partial charge in [0, 0.05) is 5.38 Å². The van der Waals surface area contributed by atoms with E-state index in [-0.39, 0.29) is 0 Å². The molecule has 0 atom stereocenters. The third kappa shape index (κ3) is 2.72. The van der Waals surface area contributed by atoms with E-state index in [4.69, 9.17) is 4.84 Å². The highest BCUT2D eigenvalue weighted by atomic mass is 32.1. The Balaban J connectivity index is 1.63. The van der Waals surface area contributed by atoms with Crippen LogP contribution in [0.25, 0.3) is 0 Å². The molecule has 0 unspecified atom stereocenters. The Morgan fingerprint density at radius 1 is 1.54 bits per heavy atom. The largest absolute Gasteiger partial charge is 0.298 e. The van der Waals surface area contributed by atoms with Crippen LogP contribution in [0.2, 0.25) is 0 Å². The molecule has 1 heterocycles. The van der Waals surface area contributed by atoms with E-state index in [0.717, 1.165) is 5.69 Å². The Bertz CT molecular complexity index is 234. The van der Waals surface area contributed by atoms with Crippen molar-refractivity contribution in [1.29, 1.82) is 0 Å². The predicted octanol–water partition coefficient (Wildman–Crippen LogP) is 1.50. The molecule has 4 nitrogen and oxygen atoms in total. The van der Waals surface area contributed by atoms with E-state index in [0.29, 0.717) is 12.6 Å². The van der Waals surface area contributed by atoms with E-state index in [1.165, 1.54) is 37.2 Å². The van der Waals surface area contributed by atoms with Gasteiger partial charge in [0.05, 0.1) is 18.3 Å². The fourth-order valence-corrected chi connectivity index (χ4v) is 1.95. The Morgan fingerprint density at radius 2 is 2.38 bits per heavy atom. The lowest BCUT2D eigenvalue weighted by Gasteiger charge is -2.09. The van der Waals surface area contributed by atoms with Crippen molar-refractivity contribution >= 4 is 11.5 Å². The Labute approximate surface area is 81.4 Å². The van der Waals surface area contributed by atoms with Gasteiger partial charge in [0.2, 0.25) is 0 Å². The molecule has 2 rings (SSSR count). The first-order chi connectivity index (χ1) is 6.45. The molecule has 1 fully saturated rings. The second-order valence-electron chi connectivity index (χ2n) is 3.24. The van der Waals surface area contributed by atoms with Crippen molar-refractivity contribution < 1.29 is 4.84 Å². The topological polar surface area (TPSA) is 47.0 Å². The first-order valence-corrected chi connectivity index (χ1v) is 5.43. The molecule has 1 aliphatic carbocycles. The van der Waals surface area contributed by atoms with Crippen molar-refractivity contribution in [3.63, 3.8) is 0 Å². The predicted molar refractivity (Wildman–Crippen MR) is 50.1 cm³/mol. The molecule has 1 aromatic heterocycles. The number of nitrogens with one attached hydrogen (secondary N) is 1. The Kier molecular flexibility index (Phi) is 3.23. The van der Waals surface area contributed by atoms with Crippen LogP contribution >= 0.6 is 11.5 Å². The normalized spacial score (nSPS) is 18.2. The zero-order chi connectivity index (χ0) is 8.93. The zero-order valence-corrected chi connectivity index (χ0v) is 8.22. The summed E-state index contributed by atoms with van der Waals surface area (Å²) < 4.78 is 3.77. The highest BCUT2D eigenvalue weighted by Gasteiger charge is 2.15. The molecule has 0 amide bonds.